The van der Waals surface area contributed by atoms with Crippen LogP contribution in [0.15, 0.2) is 41.7 Å². The molecule has 1 aliphatic heterocycles. The minimum absolute atomic E-state index is 0. The Morgan fingerprint density at radius 2 is 1.93 bits per heavy atom. The van der Waals surface area contributed by atoms with Crippen LogP contribution in [0.4, 0.5) is 0 Å². The van der Waals surface area contributed by atoms with Crippen LogP contribution in [-0.4, -0.2) is 52.3 Å². The molecule has 0 amide bonds. The molecule has 0 radical (unpaired) electrons. The fraction of sp³-hybridized carbons (Fsp3) is 0.550. The lowest BCUT2D eigenvalue weighted by atomic mass is 9.95. The second kappa shape index (κ2) is 11.4. The SMILES string of the molecule is CN=C(NCc1ncnn1C)NCC(c1ccccc1)N1CCC(C)CC1.I. The summed E-state index contributed by atoms with van der Waals surface area (Å²) in [5.74, 6) is 2.48. The van der Waals surface area contributed by atoms with Crippen LogP contribution in [0, 0.1) is 5.92 Å². The topological polar surface area (TPSA) is 70.4 Å². The number of hydrogen-bond acceptors (Lipinski definition) is 4. The molecule has 0 aliphatic carbocycles. The van der Waals surface area contributed by atoms with Gasteiger partial charge in [0.2, 0.25) is 0 Å². The zero-order valence-electron chi connectivity index (χ0n) is 17.0. The molecule has 2 aromatic rings. The Bertz CT molecular complexity index is 723. The van der Waals surface area contributed by atoms with Crippen molar-refractivity contribution in [3.05, 3.63) is 48.0 Å². The van der Waals surface area contributed by atoms with Gasteiger partial charge < -0.3 is 10.6 Å². The highest BCUT2D eigenvalue weighted by Gasteiger charge is 2.24. The van der Waals surface area contributed by atoms with Gasteiger partial charge in [0.1, 0.15) is 12.2 Å². The zero-order valence-corrected chi connectivity index (χ0v) is 19.3. The maximum atomic E-state index is 4.36. The number of benzene rings is 1. The molecular weight excluding hydrogens is 465 g/mol. The highest BCUT2D eigenvalue weighted by atomic mass is 127. The van der Waals surface area contributed by atoms with Gasteiger partial charge in [-0.2, -0.15) is 5.10 Å². The molecule has 0 bridgehead atoms. The van der Waals surface area contributed by atoms with Crippen LogP contribution in [0.25, 0.3) is 0 Å². The number of nitrogens with zero attached hydrogens (tertiary/aromatic N) is 5. The minimum Gasteiger partial charge on any atom is -0.354 e. The number of likely N-dealkylation sites (tertiary alicyclic amines) is 1. The average Bonchev–Trinajstić information content (AvgIpc) is 3.11. The number of guanidine groups is 1. The lowest BCUT2D eigenvalue weighted by molar-refractivity contribution is 0.138. The van der Waals surface area contributed by atoms with Crippen molar-refractivity contribution in [2.45, 2.75) is 32.4 Å². The van der Waals surface area contributed by atoms with Crippen molar-refractivity contribution >= 4 is 29.9 Å². The van der Waals surface area contributed by atoms with E-state index in [2.05, 4.69) is 67.9 Å². The first-order valence-corrected chi connectivity index (χ1v) is 9.73. The van der Waals surface area contributed by atoms with Crippen molar-refractivity contribution in [3.63, 3.8) is 0 Å². The molecule has 154 valence electrons. The van der Waals surface area contributed by atoms with E-state index in [4.69, 9.17) is 0 Å². The number of piperidine rings is 1. The van der Waals surface area contributed by atoms with Crippen LogP contribution < -0.4 is 10.6 Å². The van der Waals surface area contributed by atoms with E-state index < -0.39 is 0 Å². The van der Waals surface area contributed by atoms with Gasteiger partial charge >= 0.3 is 0 Å². The predicted molar refractivity (Wildman–Crippen MR) is 124 cm³/mol. The van der Waals surface area contributed by atoms with Crippen LogP contribution in [0.3, 0.4) is 0 Å². The molecule has 1 atom stereocenters. The van der Waals surface area contributed by atoms with Crippen molar-refractivity contribution in [1.29, 1.82) is 0 Å². The smallest absolute Gasteiger partial charge is 0.191 e. The number of aliphatic imine (C=N–C) groups is 1. The Balaban J connectivity index is 0.00000280. The summed E-state index contributed by atoms with van der Waals surface area (Å²) in [6.07, 6.45) is 4.10. The summed E-state index contributed by atoms with van der Waals surface area (Å²) in [6.45, 7) is 6.05. The molecule has 1 fully saturated rings. The Kier molecular flexibility index (Phi) is 9.17. The van der Waals surface area contributed by atoms with Crippen LogP contribution in [0.2, 0.25) is 0 Å². The predicted octanol–water partition coefficient (Wildman–Crippen LogP) is 2.57. The fourth-order valence-corrected chi connectivity index (χ4v) is 3.53. The Hall–Kier alpha value is -1.68. The van der Waals surface area contributed by atoms with Crippen LogP contribution in [-0.2, 0) is 13.6 Å². The maximum Gasteiger partial charge on any atom is 0.191 e. The Morgan fingerprint density at radius 3 is 2.54 bits per heavy atom. The van der Waals surface area contributed by atoms with E-state index in [1.807, 2.05) is 7.05 Å². The summed E-state index contributed by atoms with van der Waals surface area (Å²) in [5, 5.41) is 10.9. The number of hydrogen-bond donors (Lipinski definition) is 2. The Morgan fingerprint density at radius 1 is 1.21 bits per heavy atom. The molecule has 1 unspecified atom stereocenters. The van der Waals surface area contributed by atoms with Crippen molar-refractivity contribution in [1.82, 2.24) is 30.3 Å². The van der Waals surface area contributed by atoms with Gasteiger partial charge in [-0.1, -0.05) is 37.3 Å². The molecule has 0 spiro atoms. The van der Waals surface area contributed by atoms with Crippen LogP contribution >= 0.6 is 24.0 Å². The van der Waals surface area contributed by atoms with Gasteiger partial charge in [-0.15, -0.1) is 24.0 Å². The van der Waals surface area contributed by atoms with Gasteiger partial charge in [0.05, 0.1) is 12.6 Å². The van der Waals surface area contributed by atoms with E-state index in [0.717, 1.165) is 37.3 Å². The molecule has 8 heteroatoms. The van der Waals surface area contributed by atoms with Gasteiger partial charge in [0, 0.05) is 20.6 Å². The minimum atomic E-state index is 0. The van der Waals surface area contributed by atoms with E-state index in [-0.39, 0.29) is 24.0 Å². The van der Waals surface area contributed by atoms with Crippen molar-refractivity contribution in [3.8, 4) is 0 Å². The normalized spacial score (nSPS) is 17.0. The summed E-state index contributed by atoms with van der Waals surface area (Å²) in [4.78, 5) is 11.2. The maximum absolute atomic E-state index is 4.36. The fourth-order valence-electron chi connectivity index (χ4n) is 3.53. The molecule has 1 aromatic heterocycles. The second-order valence-electron chi connectivity index (χ2n) is 7.25. The van der Waals surface area contributed by atoms with Gasteiger partial charge in [-0.25, -0.2) is 4.98 Å². The van der Waals surface area contributed by atoms with E-state index in [1.165, 1.54) is 18.4 Å². The van der Waals surface area contributed by atoms with Crippen molar-refractivity contribution in [2.24, 2.45) is 18.0 Å². The lowest BCUT2D eigenvalue weighted by Gasteiger charge is -2.37. The standard InChI is InChI=1S/C20H31N7.HI/c1-16-9-11-27(12-10-16)18(17-7-5-4-6-8-17)13-22-20(21-2)23-14-19-24-15-25-26(19)3;/h4-8,15-16,18H,9-14H2,1-3H3,(H2,21,22,23);1H. The monoisotopic (exact) mass is 497 g/mol. The highest BCUT2D eigenvalue weighted by molar-refractivity contribution is 14.0. The third kappa shape index (κ3) is 6.16. The van der Waals surface area contributed by atoms with E-state index in [1.54, 1.807) is 18.1 Å². The third-order valence-electron chi connectivity index (χ3n) is 5.35. The summed E-state index contributed by atoms with van der Waals surface area (Å²) in [7, 11) is 3.69. The van der Waals surface area contributed by atoms with E-state index in [9.17, 15) is 0 Å². The Labute approximate surface area is 185 Å². The molecule has 1 saturated heterocycles. The molecule has 0 saturated carbocycles. The number of aromatic nitrogens is 3. The first kappa shape index (κ1) is 22.6. The number of halogens is 1. The number of aryl methyl sites for hydroxylation is 1. The zero-order chi connectivity index (χ0) is 19.1. The summed E-state index contributed by atoms with van der Waals surface area (Å²) in [5.41, 5.74) is 1.35. The largest absolute Gasteiger partial charge is 0.354 e. The van der Waals surface area contributed by atoms with Crippen molar-refractivity contribution < 1.29 is 0 Å². The van der Waals surface area contributed by atoms with Gasteiger partial charge in [-0.05, 0) is 37.4 Å². The molecule has 3 rings (SSSR count). The first-order chi connectivity index (χ1) is 13.2. The highest BCUT2D eigenvalue weighted by Crippen LogP contribution is 2.26. The summed E-state index contributed by atoms with van der Waals surface area (Å²) in [6, 6.07) is 11.1. The molecular formula is C20H32IN7. The molecule has 1 aromatic carbocycles. The van der Waals surface area contributed by atoms with Crippen molar-refractivity contribution in [2.75, 3.05) is 26.7 Å². The van der Waals surface area contributed by atoms with Crippen LogP contribution in [0.5, 0.6) is 0 Å². The van der Waals surface area contributed by atoms with Gasteiger partial charge in [-0.3, -0.25) is 14.6 Å². The van der Waals surface area contributed by atoms with Crippen LogP contribution in [0.1, 0.15) is 37.2 Å². The molecule has 1 aliphatic rings. The van der Waals surface area contributed by atoms with Gasteiger partial charge in [0.15, 0.2) is 5.96 Å². The molecule has 2 heterocycles. The average molecular weight is 497 g/mol. The first-order valence-electron chi connectivity index (χ1n) is 9.73. The quantitative estimate of drug-likeness (QED) is 0.365. The molecule has 28 heavy (non-hydrogen) atoms. The summed E-state index contributed by atoms with van der Waals surface area (Å²) < 4.78 is 1.77. The molecule has 7 nitrogen and oxygen atoms in total. The number of nitrogens with one attached hydrogen (secondary N) is 2. The summed E-state index contributed by atoms with van der Waals surface area (Å²) >= 11 is 0. The van der Waals surface area contributed by atoms with E-state index >= 15 is 0 Å². The third-order valence-corrected chi connectivity index (χ3v) is 5.35. The van der Waals surface area contributed by atoms with E-state index in [0.29, 0.717) is 12.6 Å². The lowest BCUT2D eigenvalue weighted by Crippen LogP contribution is -2.45. The second-order valence-corrected chi connectivity index (χ2v) is 7.25. The number of rotatable bonds is 6. The molecule has 2 N–H and O–H groups in total. The van der Waals surface area contributed by atoms with Gasteiger partial charge in [0.25, 0.3) is 0 Å².